The van der Waals surface area contributed by atoms with Crippen LogP contribution in [0.25, 0.3) is 0 Å². The molecule has 0 radical (unpaired) electrons. The van der Waals surface area contributed by atoms with Gasteiger partial charge in [-0.3, -0.25) is 4.55 Å². The highest BCUT2D eigenvalue weighted by atomic mass is 32.2. The van der Waals surface area contributed by atoms with E-state index in [4.69, 9.17) is 4.55 Å². The molecule has 0 aliphatic heterocycles. The Hall–Kier alpha value is -0.910. The molecule has 0 amide bonds. The second-order valence-electron chi connectivity index (χ2n) is 3.87. The van der Waals surface area contributed by atoms with Crippen LogP contribution in [0.5, 0.6) is 0 Å². The fraction of sp³-hybridized carbons (Fsp3) is 0.400. The Bertz CT molecular complexity index is 480. The number of rotatable bonds is 1. The van der Waals surface area contributed by atoms with Crippen LogP contribution in [0, 0.1) is 0 Å². The maximum atomic E-state index is 11.0. The fourth-order valence-electron chi connectivity index (χ4n) is 1.91. The van der Waals surface area contributed by atoms with Crippen LogP contribution in [0.3, 0.4) is 0 Å². The number of hydrogen-bond donors (Lipinski definition) is 2. The molecule has 1 atom stereocenters. The van der Waals surface area contributed by atoms with Gasteiger partial charge in [0.2, 0.25) is 0 Å². The predicted octanol–water partition coefficient (Wildman–Crippen LogP) is 0.752. The van der Waals surface area contributed by atoms with Crippen molar-refractivity contribution in [2.45, 2.75) is 24.2 Å². The Morgan fingerprint density at radius 1 is 1.20 bits per heavy atom. The third-order valence-electron chi connectivity index (χ3n) is 2.85. The Morgan fingerprint density at radius 3 is 2.40 bits per heavy atom. The molecule has 0 unspecified atom stereocenters. The van der Waals surface area contributed by atoms with Gasteiger partial charge in [-0.15, -0.1) is 0 Å². The molecule has 4 nitrogen and oxygen atoms in total. The Kier molecular flexibility index (Phi) is 2.33. The van der Waals surface area contributed by atoms with E-state index in [2.05, 4.69) is 0 Å². The van der Waals surface area contributed by atoms with Crippen molar-refractivity contribution in [3.05, 3.63) is 35.4 Å². The van der Waals surface area contributed by atoms with Gasteiger partial charge in [-0.1, -0.05) is 24.3 Å². The van der Waals surface area contributed by atoms with Gasteiger partial charge >= 0.3 is 0 Å². The van der Waals surface area contributed by atoms with E-state index < -0.39 is 15.1 Å². The van der Waals surface area contributed by atoms with Gasteiger partial charge in [-0.25, -0.2) is 0 Å². The molecule has 82 valence electrons. The van der Waals surface area contributed by atoms with Crippen LogP contribution in [-0.4, -0.2) is 23.0 Å². The van der Waals surface area contributed by atoms with Crippen molar-refractivity contribution in [1.29, 1.82) is 0 Å². The lowest BCUT2D eigenvalue weighted by Crippen LogP contribution is -2.43. The Balaban J connectivity index is 2.41. The summed E-state index contributed by atoms with van der Waals surface area (Å²) >= 11 is 0. The maximum Gasteiger partial charge on any atom is 0.295 e. The highest BCUT2D eigenvalue weighted by Crippen LogP contribution is 2.31. The van der Waals surface area contributed by atoms with E-state index in [0.717, 1.165) is 11.1 Å². The van der Waals surface area contributed by atoms with E-state index in [-0.39, 0.29) is 12.8 Å². The number of hydrogen-bond acceptors (Lipinski definition) is 3. The fourth-order valence-corrected chi connectivity index (χ4v) is 2.61. The van der Waals surface area contributed by atoms with Crippen molar-refractivity contribution in [3.63, 3.8) is 0 Å². The summed E-state index contributed by atoms with van der Waals surface area (Å²) in [6.07, 6.45) is 0.470. The minimum atomic E-state index is -4.41. The van der Waals surface area contributed by atoms with Gasteiger partial charge in [-0.05, 0) is 24.0 Å². The van der Waals surface area contributed by atoms with Crippen LogP contribution in [0.4, 0.5) is 0 Å². The summed E-state index contributed by atoms with van der Waals surface area (Å²) in [6, 6.07) is 7.33. The van der Waals surface area contributed by atoms with Gasteiger partial charge in [-0.2, -0.15) is 8.42 Å². The van der Waals surface area contributed by atoms with Crippen LogP contribution < -0.4 is 0 Å². The van der Waals surface area contributed by atoms with Crippen molar-refractivity contribution in [2.75, 3.05) is 0 Å². The molecular formula is C10H12O4S. The third-order valence-corrected chi connectivity index (χ3v) is 4.16. The first-order valence-electron chi connectivity index (χ1n) is 4.69. The number of aryl methyl sites for hydroxylation is 1. The average molecular weight is 228 g/mol. The van der Waals surface area contributed by atoms with E-state index in [1.165, 1.54) is 0 Å². The number of aliphatic hydroxyl groups is 1. The van der Waals surface area contributed by atoms with Crippen LogP contribution in [0.2, 0.25) is 0 Å². The molecule has 1 aromatic rings. The standard InChI is InChI=1S/C10H12O4S/c11-10(15(12,13)14)6-5-8-3-1-2-4-9(8)7-10/h1-4,11H,5-7H2,(H,12,13,14)/t10-/m1/s1. The average Bonchev–Trinajstić information content (AvgIpc) is 2.16. The third kappa shape index (κ3) is 1.78. The number of benzene rings is 1. The lowest BCUT2D eigenvalue weighted by Gasteiger charge is -2.30. The summed E-state index contributed by atoms with van der Waals surface area (Å²) in [4.78, 5) is -2.01. The zero-order chi connectivity index (χ0) is 11.1. The van der Waals surface area contributed by atoms with Crippen molar-refractivity contribution in [3.8, 4) is 0 Å². The minimum Gasteiger partial charge on any atom is -0.372 e. The SMILES string of the molecule is O=S(=O)(O)[C@]1(O)CCc2ccccc2C1. The van der Waals surface area contributed by atoms with Crippen molar-refractivity contribution >= 4 is 10.1 Å². The molecule has 1 aliphatic carbocycles. The van der Waals surface area contributed by atoms with Gasteiger partial charge in [0.1, 0.15) is 0 Å². The topological polar surface area (TPSA) is 74.6 Å². The molecule has 0 fully saturated rings. The summed E-state index contributed by atoms with van der Waals surface area (Å²) in [5.74, 6) is 0. The molecule has 1 aromatic carbocycles. The minimum absolute atomic E-state index is 0.0397. The molecule has 2 rings (SSSR count). The summed E-state index contributed by atoms with van der Waals surface area (Å²) in [7, 11) is -4.41. The van der Waals surface area contributed by atoms with Crippen LogP contribution in [0.1, 0.15) is 17.5 Å². The summed E-state index contributed by atoms with van der Waals surface area (Å²) < 4.78 is 31.0. The van der Waals surface area contributed by atoms with E-state index in [1.54, 1.807) is 12.1 Å². The van der Waals surface area contributed by atoms with Crippen molar-refractivity contribution in [2.24, 2.45) is 0 Å². The molecule has 2 N–H and O–H groups in total. The molecule has 1 aliphatic rings. The second-order valence-corrected chi connectivity index (χ2v) is 5.58. The van der Waals surface area contributed by atoms with Crippen molar-refractivity contribution in [1.82, 2.24) is 0 Å². The van der Waals surface area contributed by atoms with Crippen molar-refractivity contribution < 1.29 is 18.1 Å². The van der Waals surface area contributed by atoms with Crippen LogP contribution >= 0.6 is 0 Å². The molecule has 15 heavy (non-hydrogen) atoms. The maximum absolute atomic E-state index is 11.0. The first-order chi connectivity index (χ1) is 6.92. The van der Waals surface area contributed by atoms with E-state index in [9.17, 15) is 13.5 Å². The first-order valence-corrected chi connectivity index (χ1v) is 6.13. The van der Waals surface area contributed by atoms with E-state index >= 15 is 0 Å². The zero-order valence-electron chi connectivity index (χ0n) is 8.05. The quantitative estimate of drug-likeness (QED) is 0.696. The first kappa shape index (κ1) is 10.6. The lowest BCUT2D eigenvalue weighted by molar-refractivity contribution is 0.0982. The Morgan fingerprint density at radius 2 is 1.80 bits per heavy atom. The zero-order valence-corrected chi connectivity index (χ0v) is 8.87. The normalized spacial score (nSPS) is 26.0. The second kappa shape index (κ2) is 3.30. The monoisotopic (exact) mass is 228 g/mol. The van der Waals surface area contributed by atoms with Gasteiger partial charge in [0.25, 0.3) is 10.1 Å². The van der Waals surface area contributed by atoms with Crippen LogP contribution in [-0.2, 0) is 23.0 Å². The lowest BCUT2D eigenvalue weighted by atomic mass is 9.89. The summed E-state index contributed by atoms with van der Waals surface area (Å²) in [5, 5.41) is 9.82. The smallest absolute Gasteiger partial charge is 0.295 e. The van der Waals surface area contributed by atoms with Gasteiger partial charge < -0.3 is 5.11 Å². The molecule has 0 heterocycles. The molecule has 0 bridgehead atoms. The molecule has 0 saturated carbocycles. The molecule has 0 aromatic heterocycles. The molecule has 0 saturated heterocycles. The van der Waals surface area contributed by atoms with Gasteiger partial charge in [0.05, 0.1) is 0 Å². The predicted molar refractivity (Wildman–Crippen MR) is 55.0 cm³/mol. The van der Waals surface area contributed by atoms with Gasteiger partial charge in [0.15, 0.2) is 4.93 Å². The highest BCUT2D eigenvalue weighted by molar-refractivity contribution is 7.87. The molecule has 0 spiro atoms. The van der Waals surface area contributed by atoms with E-state index in [1.807, 2.05) is 12.1 Å². The Labute approximate surface area is 88.3 Å². The van der Waals surface area contributed by atoms with Gasteiger partial charge in [0, 0.05) is 6.42 Å². The highest BCUT2D eigenvalue weighted by Gasteiger charge is 2.43. The summed E-state index contributed by atoms with van der Waals surface area (Å²) in [6.45, 7) is 0. The summed E-state index contributed by atoms with van der Waals surface area (Å²) in [5.41, 5.74) is 1.81. The van der Waals surface area contributed by atoms with E-state index in [0.29, 0.717) is 6.42 Å². The molecular weight excluding hydrogens is 216 g/mol. The number of fused-ring (bicyclic) bond motifs is 1. The largest absolute Gasteiger partial charge is 0.372 e. The van der Waals surface area contributed by atoms with Crippen LogP contribution in [0.15, 0.2) is 24.3 Å². The molecule has 5 heteroatoms.